The van der Waals surface area contributed by atoms with Crippen molar-refractivity contribution >= 4 is 23.4 Å². The lowest BCUT2D eigenvalue weighted by atomic mass is 10.2. The molecule has 0 saturated heterocycles. The van der Waals surface area contributed by atoms with Crippen LogP contribution in [0.25, 0.3) is 0 Å². The van der Waals surface area contributed by atoms with Crippen LogP contribution in [0.2, 0.25) is 0 Å². The Morgan fingerprint density at radius 2 is 2.05 bits per heavy atom. The van der Waals surface area contributed by atoms with E-state index in [-0.39, 0.29) is 11.2 Å². The fourth-order valence-corrected chi connectivity index (χ4v) is 2.44. The van der Waals surface area contributed by atoms with E-state index in [4.69, 9.17) is 0 Å². The van der Waals surface area contributed by atoms with Gasteiger partial charge in [0.2, 0.25) is 5.91 Å². The fraction of sp³-hybridized carbons (Fsp3) is 0.200. The van der Waals surface area contributed by atoms with Gasteiger partial charge in [0.05, 0.1) is 5.75 Å². The molecule has 3 nitrogen and oxygen atoms in total. The number of anilines is 1. The monoisotopic (exact) mass is 272 g/mol. The second-order valence-electron chi connectivity index (χ2n) is 4.15. The van der Waals surface area contributed by atoms with Crippen LogP contribution in [0.3, 0.4) is 0 Å². The number of amides is 1. The van der Waals surface area contributed by atoms with Crippen molar-refractivity contribution < 1.29 is 4.79 Å². The predicted octanol–water partition coefficient (Wildman–Crippen LogP) is 3.51. The molecule has 1 aromatic heterocycles. The van der Waals surface area contributed by atoms with Gasteiger partial charge in [0.15, 0.2) is 0 Å². The molecule has 1 N–H and O–H groups in total. The summed E-state index contributed by atoms with van der Waals surface area (Å²) in [5.41, 5.74) is 1.97. The third-order valence-electron chi connectivity index (χ3n) is 2.68. The van der Waals surface area contributed by atoms with Crippen LogP contribution in [-0.4, -0.2) is 16.6 Å². The zero-order valence-corrected chi connectivity index (χ0v) is 11.6. The highest BCUT2D eigenvalue weighted by atomic mass is 32.2. The van der Waals surface area contributed by atoms with Crippen LogP contribution in [0.4, 0.5) is 5.69 Å². The SMILES string of the molecule is C[C@H](SCC(=O)Nc1ccccc1)c1cccnc1. The van der Waals surface area contributed by atoms with Gasteiger partial charge in [0.1, 0.15) is 0 Å². The Kier molecular flexibility index (Phi) is 4.98. The first-order valence-corrected chi connectivity index (χ1v) is 7.17. The molecule has 0 aliphatic heterocycles. The molecule has 2 rings (SSSR count). The zero-order chi connectivity index (χ0) is 13.5. The number of carbonyl (C=O) groups is 1. The summed E-state index contributed by atoms with van der Waals surface area (Å²) in [6, 6.07) is 13.4. The maximum atomic E-state index is 11.8. The third kappa shape index (κ3) is 4.41. The van der Waals surface area contributed by atoms with Crippen molar-refractivity contribution in [1.82, 2.24) is 4.98 Å². The molecule has 0 radical (unpaired) electrons. The minimum Gasteiger partial charge on any atom is -0.325 e. The number of benzene rings is 1. The van der Waals surface area contributed by atoms with Crippen LogP contribution in [-0.2, 0) is 4.79 Å². The molecule has 98 valence electrons. The van der Waals surface area contributed by atoms with Gasteiger partial charge in [-0.3, -0.25) is 9.78 Å². The number of rotatable bonds is 5. The van der Waals surface area contributed by atoms with Crippen molar-refractivity contribution in [2.75, 3.05) is 11.1 Å². The van der Waals surface area contributed by atoms with E-state index in [2.05, 4.69) is 17.2 Å². The molecule has 1 aromatic carbocycles. The fourth-order valence-electron chi connectivity index (χ4n) is 1.63. The number of carbonyl (C=O) groups excluding carboxylic acids is 1. The summed E-state index contributed by atoms with van der Waals surface area (Å²) in [4.78, 5) is 15.9. The van der Waals surface area contributed by atoms with Crippen LogP contribution in [0.1, 0.15) is 17.7 Å². The van der Waals surface area contributed by atoms with Gasteiger partial charge in [-0.1, -0.05) is 24.3 Å². The smallest absolute Gasteiger partial charge is 0.234 e. The molecule has 1 heterocycles. The maximum Gasteiger partial charge on any atom is 0.234 e. The van der Waals surface area contributed by atoms with Crippen molar-refractivity contribution in [3.63, 3.8) is 0 Å². The van der Waals surface area contributed by atoms with Gasteiger partial charge in [0, 0.05) is 23.3 Å². The molecule has 0 fully saturated rings. The number of thioether (sulfide) groups is 1. The number of hydrogen-bond donors (Lipinski definition) is 1. The predicted molar refractivity (Wildman–Crippen MR) is 80.2 cm³/mol. The van der Waals surface area contributed by atoms with Crippen molar-refractivity contribution in [1.29, 1.82) is 0 Å². The summed E-state index contributed by atoms with van der Waals surface area (Å²) >= 11 is 1.60. The highest BCUT2D eigenvalue weighted by Gasteiger charge is 2.09. The zero-order valence-electron chi connectivity index (χ0n) is 10.7. The number of aromatic nitrogens is 1. The summed E-state index contributed by atoms with van der Waals surface area (Å²) in [6.45, 7) is 2.08. The summed E-state index contributed by atoms with van der Waals surface area (Å²) in [7, 11) is 0. The lowest BCUT2D eigenvalue weighted by Crippen LogP contribution is -2.14. The lowest BCUT2D eigenvalue weighted by molar-refractivity contribution is -0.113. The van der Waals surface area contributed by atoms with E-state index >= 15 is 0 Å². The van der Waals surface area contributed by atoms with Gasteiger partial charge in [-0.15, -0.1) is 11.8 Å². The number of para-hydroxylation sites is 1. The van der Waals surface area contributed by atoms with Crippen LogP contribution < -0.4 is 5.32 Å². The lowest BCUT2D eigenvalue weighted by Gasteiger charge is -2.11. The summed E-state index contributed by atoms with van der Waals surface area (Å²) in [6.07, 6.45) is 3.59. The molecule has 0 spiro atoms. The Bertz CT molecular complexity index is 516. The minimum atomic E-state index is 0.0203. The van der Waals surface area contributed by atoms with Gasteiger partial charge >= 0.3 is 0 Å². The largest absolute Gasteiger partial charge is 0.325 e. The molecule has 19 heavy (non-hydrogen) atoms. The minimum absolute atomic E-state index is 0.0203. The maximum absolute atomic E-state index is 11.8. The van der Waals surface area contributed by atoms with Crippen LogP contribution in [0.15, 0.2) is 54.9 Å². The first kappa shape index (κ1) is 13.6. The van der Waals surface area contributed by atoms with E-state index in [1.54, 1.807) is 18.0 Å². The summed E-state index contributed by atoms with van der Waals surface area (Å²) in [5, 5.41) is 3.13. The first-order valence-electron chi connectivity index (χ1n) is 6.12. The molecule has 0 unspecified atom stereocenters. The quantitative estimate of drug-likeness (QED) is 0.905. The number of nitrogens with one attached hydrogen (secondary N) is 1. The van der Waals surface area contributed by atoms with E-state index in [1.807, 2.05) is 48.7 Å². The normalized spacial score (nSPS) is 11.8. The number of nitrogens with zero attached hydrogens (tertiary/aromatic N) is 1. The Morgan fingerprint density at radius 3 is 2.74 bits per heavy atom. The number of hydrogen-bond acceptors (Lipinski definition) is 3. The van der Waals surface area contributed by atoms with Crippen LogP contribution in [0, 0.1) is 0 Å². The first-order chi connectivity index (χ1) is 9.25. The molecule has 0 aliphatic carbocycles. The molecule has 0 bridgehead atoms. The van der Waals surface area contributed by atoms with Crippen molar-refractivity contribution in [2.45, 2.75) is 12.2 Å². The molecular formula is C15H16N2OS. The van der Waals surface area contributed by atoms with E-state index in [9.17, 15) is 4.79 Å². The standard InChI is InChI=1S/C15H16N2OS/c1-12(13-6-5-9-16-10-13)19-11-15(18)17-14-7-3-2-4-8-14/h2-10,12H,11H2,1H3,(H,17,18)/t12-/m0/s1. The van der Waals surface area contributed by atoms with Crippen molar-refractivity contribution in [3.05, 3.63) is 60.4 Å². The summed E-state index contributed by atoms with van der Waals surface area (Å²) < 4.78 is 0. The highest BCUT2D eigenvalue weighted by Crippen LogP contribution is 2.27. The Hall–Kier alpha value is -1.81. The van der Waals surface area contributed by atoms with Crippen molar-refractivity contribution in [3.8, 4) is 0 Å². The molecule has 0 aliphatic rings. The van der Waals surface area contributed by atoms with Gasteiger partial charge in [-0.05, 0) is 30.7 Å². The molecule has 2 aromatic rings. The molecule has 4 heteroatoms. The Balaban J connectivity index is 1.81. The molecular weight excluding hydrogens is 256 g/mol. The van der Waals surface area contributed by atoms with Gasteiger partial charge in [-0.25, -0.2) is 0 Å². The van der Waals surface area contributed by atoms with E-state index in [1.165, 1.54) is 0 Å². The van der Waals surface area contributed by atoms with E-state index < -0.39 is 0 Å². The van der Waals surface area contributed by atoms with Gasteiger partial charge < -0.3 is 5.32 Å². The Labute approximate surface area is 117 Å². The van der Waals surface area contributed by atoms with Gasteiger partial charge in [0.25, 0.3) is 0 Å². The topological polar surface area (TPSA) is 42.0 Å². The van der Waals surface area contributed by atoms with Gasteiger partial charge in [-0.2, -0.15) is 0 Å². The second kappa shape index (κ2) is 6.95. The molecule has 0 saturated carbocycles. The molecule has 1 amide bonds. The van der Waals surface area contributed by atoms with Crippen LogP contribution >= 0.6 is 11.8 Å². The summed E-state index contributed by atoms with van der Waals surface area (Å²) in [5.74, 6) is 0.456. The van der Waals surface area contributed by atoms with E-state index in [0.29, 0.717) is 5.75 Å². The second-order valence-corrected chi connectivity index (χ2v) is 5.48. The highest BCUT2D eigenvalue weighted by molar-refractivity contribution is 8.00. The van der Waals surface area contributed by atoms with E-state index in [0.717, 1.165) is 11.3 Å². The van der Waals surface area contributed by atoms with Crippen molar-refractivity contribution in [2.24, 2.45) is 0 Å². The average molecular weight is 272 g/mol. The van der Waals surface area contributed by atoms with Crippen LogP contribution in [0.5, 0.6) is 0 Å². The molecule has 1 atom stereocenters. The average Bonchev–Trinajstić information content (AvgIpc) is 2.47. The Morgan fingerprint density at radius 1 is 1.26 bits per heavy atom. The third-order valence-corrected chi connectivity index (χ3v) is 3.88. The number of pyridine rings is 1.